The van der Waals surface area contributed by atoms with Gasteiger partial charge in [0.1, 0.15) is 12.0 Å². The van der Waals surface area contributed by atoms with Gasteiger partial charge in [-0.25, -0.2) is 0 Å². The number of halogens is 1. The molecule has 1 heterocycles. The van der Waals surface area contributed by atoms with Crippen molar-refractivity contribution in [2.24, 2.45) is 0 Å². The lowest BCUT2D eigenvalue weighted by atomic mass is 10.3. The molecule has 0 atom stereocenters. The molecule has 1 aromatic heterocycles. The summed E-state index contributed by atoms with van der Waals surface area (Å²) in [7, 11) is 1.59. The molecule has 0 fully saturated rings. The minimum Gasteiger partial charge on any atom is -0.495 e. The first-order chi connectivity index (χ1) is 7.79. The predicted molar refractivity (Wildman–Crippen MR) is 61.8 cm³/mol. The van der Waals surface area contributed by atoms with Crippen molar-refractivity contribution in [3.05, 3.63) is 41.2 Å². The normalized spacial score (nSPS) is 10.1. The molecule has 0 unspecified atom stereocenters. The number of ether oxygens (including phenoxy) is 1. The van der Waals surface area contributed by atoms with Gasteiger partial charge in [0.25, 0.3) is 0 Å². The largest absolute Gasteiger partial charge is 0.495 e. The van der Waals surface area contributed by atoms with E-state index < -0.39 is 0 Å². The van der Waals surface area contributed by atoms with E-state index in [0.29, 0.717) is 17.3 Å². The lowest BCUT2D eigenvalue weighted by Crippen LogP contribution is -1.98. The number of nitrogens with zero attached hydrogens (tertiary/aromatic N) is 1. The van der Waals surface area contributed by atoms with Crippen LogP contribution in [0.4, 0.5) is 5.69 Å². The molecule has 0 bridgehead atoms. The van der Waals surface area contributed by atoms with E-state index in [0.717, 1.165) is 11.3 Å². The van der Waals surface area contributed by atoms with Gasteiger partial charge in [-0.15, -0.1) is 0 Å². The van der Waals surface area contributed by atoms with E-state index in [4.69, 9.17) is 20.9 Å². The number of rotatable bonds is 4. The van der Waals surface area contributed by atoms with Gasteiger partial charge in [0.2, 0.25) is 0 Å². The van der Waals surface area contributed by atoms with E-state index in [1.54, 1.807) is 19.6 Å². The number of aromatic nitrogens is 1. The van der Waals surface area contributed by atoms with Gasteiger partial charge in [0, 0.05) is 17.8 Å². The molecule has 16 heavy (non-hydrogen) atoms. The first kappa shape index (κ1) is 10.8. The maximum absolute atomic E-state index is 5.99. The molecule has 5 heteroatoms. The van der Waals surface area contributed by atoms with Crippen molar-refractivity contribution in [2.45, 2.75) is 6.54 Å². The molecule has 0 radical (unpaired) electrons. The van der Waals surface area contributed by atoms with Gasteiger partial charge in [-0.3, -0.25) is 0 Å². The van der Waals surface area contributed by atoms with Crippen molar-refractivity contribution in [1.82, 2.24) is 5.16 Å². The highest BCUT2D eigenvalue weighted by Gasteiger charge is 2.02. The first-order valence-corrected chi connectivity index (χ1v) is 5.13. The minimum absolute atomic E-state index is 0.581. The number of benzene rings is 1. The molecular weight excluding hydrogens is 228 g/mol. The minimum atomic E-state index is 0.581. The summed E-state index contributed by atoms with van der Waals surface area (Å²) < 4.78 is 9.79. The van der Waals surface area contributed by atoms with E-state index in [1.165, 1.54) is 0 Å². The van der Waals surface area contributed by atoms with Crippen molar-refractivity contribution >= 4 is 17.3 Å². The number of hydrogen-bond acceptors (Lipinski definition) is 4. The maximum Gasteiger partial charge on any atom is 0.137 e. The summed E-state index contributed by atoms with van der Waals surface area (Å²) in [5.41, 5.74) is 1.90. The molecule has 1 N–H and O–H groups in total. The SMILES string of the molecule is COc1ccc(NCc2cnoc2)cc1Cl. The second-order valence-corrected chi connectivity index (χ2v) is 3.64. The van der Waals surface area contributed by atoms with Crippen LogP contribution in [0, 0.1) is 0 Å². The van der Waals surface area contributed by atoms with Gasteiger partial charge in [-0.1, -0.05) is 16.8 Å². The zero-order valence-corrected chi connectivity index (χ0v) is 9.49. The average Bonchev–Trinajstić information content (AvgIpc) is 2.79. The van der Waals surface area contributed by atoms with Crippen LogP contribution in [0.2, 0.25) is 5.02 Å². The highest BCUT2D eigenvalue weighted by atomic mass is 35.5. The molecule has 0 spiro atoms. The molecule has 0 aliphatic heterocycles. The van der Waals surface area contributed by atoms with Crippen molar-refractivity contribution in [3.63, 3.8) is 0 Å². The van der Waals surface area contributed by atoms with Gasteiger partial charge in [0.15, 0.2) is 0 Å². The van der Waals surface area contributed by atoms with Crippen LogP contribution >= 0.6 is 11.6 Å². The average molecular weight is 239 g/mol. The number of hydrogen-bond donors (Lipinski definition) is 1. The Morgan fingerprint density at radius 1 is 1.50 bits per heavy atom. The highest BCUT2D eigenvalue weighted by Crippen LogP contribution is 2.27. The second kappa shape index (κ2) is 4.90. The molecule has 0 saturated carbocycles. The Hall–Kier alpha value is -1.68. The summed E-state index contributed by atoms with van der Waals surface area (Å²) >= 11 is 5.99. The van der Waals surface area contributed by atoms with E-state index >= 15 is 0 Å². The van der Waals surface area contributed by atoms with Crippen LogP contribution in [-0.2, 0) is 6.54 Å². The number of nitrogens with one attached hydrogen (secondary N) is 1. The van der Waals surface area contributed by atoms with Gasteiger partial charge < -0.3 is 14.6 Å². The molecule has 84 valence electrons. The summed E-state index contributed by atoms with van der Waals surface area (Å²) in [6.45, 7) is 0.645. The van der Waals surface area contributed by atoms with Gasteiger partial charge >= 0.3 is 0 Å². The molecular formula is C11H11ClN2O2. The fourth-order valence-electron chi connectivity index (χ4n) is 1.29. The Kier molecular flexibility index (Phi) is 3.31. The molecule has 0 amide bonds. The Bertz CT molecular complexity index is 457. The molecule has 0 aliphatic rings. The monoisotopic (exact) mass is 238 g/mol. The summed E-state index contributed by atoms with van der Waals surface area (Å²) in [6, 6.07) is 5.53. The molecule has 4 nitrogen and oxygen atoms in total. The third kappa shape index (κ3) is 2.46. The van der Waals surface area contributed by atoms with Crippen molar-refractivity contribution in [3.8, 4) is 5.75 Å². The first-order valence-electron chi connectivity index (χ1n) is 4.75. The van der Waals surface area contributed by atoms with E-state index in [-0.39, 0.29) is 0 Å². The smallest absolute Gasteiger partial charge is 0.137 e. The van der Waals surface area contributed by atoms with Gasteiger partial charge in [-0.2, -0.15) is 0 Å². The molecule has 0 aliphatic carbocycles. The van der Waals surface area contributed by atoms with Crippen LogP contribution in [0.1, 0.15) is 5.56 Å². The fourth-order valence-corrected chi connectivity index (χ4v) is 1.55. The highest BCUT2D eigenvalue weighted by molar-refractivity contribution is 6.32. The zero-order chi connectivity index (χ0) is 11.4. The molecule has 0 saturated heterocycles. The third-order valence-electron chi connectivity index (χ3n) is 2.13. The van der Waals surface area contributed by atoms with Gasteiger partial charge in [-0.05, 0) is 18.2 Å². The van der Waals surface area contributed by atoms with Crippen molar-refractivity contribution in [1.29, 1.82) is 0 Å². The van der Waals surface area contributed by atoms with Crippen LogP contribution < -0.4 is 10.1 Å². The topological polar surface area (TPSA) is 47.3 Å². The number of anilines is 1. The predicted octanol–water partition coefficient (Wildman–Crippen LogP) is 2.95. The number of methoxy groups -OCH3 is 1. The van der Waals surface area contributed by atoms with E-state index in [2.05, 4.69) is 10.5 Å². The van der Waals surface area contributed by atoms with Crippen LogP contribution in [0.3, 0.4) is 0 Å². The van der Waals surface area contributed by atoms with Crippen LogP contribution in [0.25, 0.3) is 0 Å². The summed E-state index contributed by atoms with van der Waals surface area (Å²) in [5, 5.41) is 7.40. The maximum atomic E-state index is 5.99. The van der Waals surface area contributed by atoms with Crippen molar-refractivity contribution in [2.75, 3.05) is 12.4 Å². The zero-order valence-electron chi connectivity index (χ0n) is 8.74. The quantitative estimate of drug-likeness (QED) is 0.890. The second-order valence-electron chi connectivity index (χ2n) is 3.24. The Morgan fingerprint density at radius 3 is 3.00 bits per heavy atom. The van der Waals surface area contributed by atoms with Crippen LogP contribution in [0.5, 0.6) is 5.75 Å². The van der Waals surface area contributed by atoms with Crippen molar-refractivity contribution < 1.29 is 9.26 Å². The van der Waals surface area contributed by atoms with E-state index in [1.807, 2.05) is 18.2 Å². The molecule has 2 aromatic rings. The third-order valence-corrected chi connectivity index (χ3v) is 2.43. The summed E-state index contributed by atoms with van der Waals surface area (Å²) in [5.74, 6) is 0.664. The Morgan fingerprint density at radius 2 is 2.38 bits per heavy atom. The van der Waals surface area contributed by atoms with Crippen LogP contribution in [-0.4, -0.2) is 12.3 Å². The lowest BCUT2D eigenvalue weighted by Gasteiger charge is -2.07. The summed E-state index contributed by atoms with van der Waals surface area (Å²) in [6.07, 6.45) is 3.26. The standard InChI is InChI=1S/C11H11ClN2O2/c1-15-11-3-2-9(4-10(11)12)13-5-8-6-14-16-7-8/h2-4,6-7,13H,5H2,1H3. The van der Waals surface area contributed by atoms with Crippen LogP contribution in [0.15, 0.2) is 35.2 Å². The van der Waals surface area contributed by atoms with E-state index in [9.17, 15) is 0 Å². The molecule has 1 aromatic carbocycles. The fraction of sp³-hybridized carbons (Fsp3) is 0.182. The Balaban J connectivity index is 2.02. The van der Waals surface area contributed by atoms with Gasteiger partial charge in [0.05, 0.1) is 18.3 Å². The lowest BCUT2D eigenvalue weighted by molar-refractivity contribution is 0.415. The molecule has 2 rings (SSSR count). The Labute approximate surface area is 98.2 Å². The summed E-state index contributed by atoms with van der Waals surface area (Å²) in [4.78, 5) is 0.